The molecule has 1 fully saturated rings. The Balaban J connectivity index is 1.49. The van der Waals surface area contributed by atoms with Crippen LogP contribution in [0.25, 0.3) is 0 Å². The van der Waals surface area contributed by atoms with Crippen LogP contribution in [0.4, 0.5) is 18.3 Å². The van der Waals surface area contributed by atoms with Crippen molar-refractivity contribution in [2.75, 3.05) is 25.0 Å². The molecule has 1 aliphatic rings. The summed E-state index contributed by atoms with van der Waals surface area (Å²) in [4.78, 5) is 32.1. The number of piperidine rings is 1. The first-order valence-electron chi connectivity index (χ1n) is 10.0. The topological polar surface area (TPSA) is 74.3 Å². The van der Waals surface area contributed by atoms with Crippen molar-refractivity contribution < 1.29 is 22.8 Å². The lowest BCUT2D eigenvalue weighted by Crippen LogP contribution is -2.45. The largest absolute Gasteiger partial charge is 0.416 e. The zero-order chi connectivity index (χ0) is 22.6. The van der Waals surface area contributed by atoms with Crippen LogP contribution in [-0.2, 0) is 22.3 Å². The number of rotatable bonds is 6. The van der Waals surface area contributed by atoms with Crippen LogP contribution in [-0.4, -0.2) is 41.3 Å². The summed E-state index contributed by atoms with van der Waals surface area (Å²) >= 11 is 1.42. The van der Waals surface area contributed by atoms with Gasteiger partial charge in [0.2, 0.25) is 11.8 Å². The van der Waals surface area contributed by atoms with E-state index >= 15 is 0 Å². The normalized spacial score (nSPS) is 17.4. The number of nitrogens with zero attached hydrogens (tertiary/aromatic N) is 2. The first kappa shape index (κ1) is 23.2. The van der Waals surface area contributed by atoms with Crippen LogP contribution in [0.3, 0.4) is 0 Å². The molecule has 10 heteroatoms. The van der Waals surface area contributed by atoms with Crippen LogP contribution >= 0.6 is 11.3 Å². The highest BCUT2D eigenvalue weighted by atomic mass is 32.1. The Bertz CT molecular complexity index is 925. The van der Waals surface area contributed by atoms with Crippen molar-refractivity contribution in [3.63, 3.8) is 0 Å². The van der Waals surface area contributed by atoms with Crippen molar-refractivity contribution in [2.45, 2.75) is 39.4 Å². The fourth-order valence-corrected chi connectivity index (χ4v) is 4.32. The number of aromatic nitrogens is 1. The van der Waals surface area contributed by atoms with E-state index in [1.807, 2.05) is 18.7 Å². The highest BCUT2D eigenvalue weighted by Gasteiger charge is 2.30. The van der Waals surface area contributed by atoms with E-state index in [0.29, 0.717) is 30.2 Å². The van der Waals surface area contributed by atoms with Gasteiger partial charge in [0.25, 0.3) is 0 Å². The molecule has 31 heavy (non-hydrogen) atoms. The molecule has 1 aromatic heterocycles. The quantitative estimate of drug-likeness (QED) is 0.697. The number of hydrogen-bond acceptors (Lipinski definition) is 5. The molecule has 1 aromatic carbocycles. The minimum atomic E-state index is -4.42. The van der Waals surface area contributed by atoms with Gasteiger partial charge in [-0.3, -0.25) is 14.5 Å². The van der Waals surface area contributed by atoms with Gasteiger partial charge in [-0.2, -0.15) is 13.2 Å². The molecule has 2 aromatic rings. The Hall–Kier alpha value is -2.46. The lowest BCUT2D eigenvalue weighted by atomic mass is 9.97. The number of anilines is 1. The van der Waals surface area contributed by atoms with E-state index in [1.165, 1.54) is 17.4 Å². The van der Waals surface area contributed by atoms with Crippen molar-refractivity contribution >= 4 is 28.3 Å². The van der Waals surface area contributed by atoms with E-state index in [0.717, 1.165) is 29.1 Å². The summed E-state index contributed by atoms with van der Waals surface area (Å²) in [6, 6.07) is 4.93. The van der Waals surface area contributed by atoms with Crippen LogP contribution in [0.5, 0.6) is 0 Å². The van der Waals surface area contributed by atoms with E-state index in [4.69, 9.17) is 0 Å². The van der Waals surface area contributed by atoms with Gasteiger partial charge in [0.1, 0.15) is 0 Å². The Morgan fingerprint density at radius 2 is 2.06 bits per heavy atom. The maximum absolute atomic E-state index is 12.8. The summed E-state index contributed by atoms with van der Waals surface area (Å²) in [6.07, 6.45) is -2.97. The van der Waals surface area contributed by atoms with E-state index in [9.17, 15) is 22.8 Å². The van der Waals surface area contributed by atoms with Crippen molar-refractivity contribution in [2.24, 2.45) is 5.92 Å². The molecular weight excluding hydrogens is 429 g/mol. The molecule has 1 atom stereocenters. The number of amides is 2. The predicted octanol–water partition coefficient (Wildman–Crippen LogP) is 3.75. The number of likely N-dealkylation sites (tertiary alicyclic amines) is 1. The van der Waals surface area contributed by atoms with Gasteiger partial charge in [-0.05, 0) is 50.9 Å². The van der Waals surface area contributed by atoms with Crippen molar-refractivity contribution in [3.05, 3.63) is 46.0 Å². The van der Waals surface area contributed by atoms with Crippen LogP contribution < -0.4 is 10.6 Å². The summed E-state index contributed by atoms with van der Waals surface area (Å²) in [7, 11) is 0. The first-order chi connectivity index (χ1) is 14.6. The highest BCUT2D eigenvalue weighted by molar-refractivity contribution is 7.15. The molecule has 0 aliphatic carbocycles. The fraction of sp³-hybridized carbons (Fsp3) is 0.476. The average Bonchev–Trinajstić information content (AvgIpc) is 3.02. The van der Waals surface area contributed by atoms with Gasteiger partial charge in [0.05, 0.1) is 23.7 Å². The lowest BCUT2D eigenvalue weighted by molar-refractivity contribution is -0.137. The third-order valence-corrected chi connectivity index (χ3v) is 6.23. The summed E-state index contributed by atoms with van der Waals surface area (Å²) in [5, 5.41) is 6.08. The number of carbonyl (C=O) groups is 2. The molecule has 2 heterocycles. The Kier molecular flexibility index (Phi) is 7.32. The second-order valence-electron chi connectivity index (χ2n) is 7.70. The SMILES string of the molecule is Cc1nc(NC(=O)CN2CCCC(C(=O)NCc3cccc(C(F)(F)F)c3)C2)sc1C. The van der Waals surface area contributed by atoms with E-state index in [2.05, 4.69) is 15.6 Å². The van der Waals surface area contributed by atoms with Crippen molar-refractivity contribution in [1.82, 2.24) is 15.2 Å². The molecule has 1 saturated heterocycles. The number of thiazole rings is 1. The molecule has 6 nitrogen and oxygen atoms in total. The molecule has 0 saturated carbocycles. The fourth-order valence-electron chi connectivity index (χ4n) is 3.49. The molecule has 0 radical (unpaired) electrons. The smallest absolute Gasteiger partial charge is 0.352 e. The maximum atomic E-state index is 12.8. The molecule has 1 unspecified atom stereocenters. The monoisotopic (exact) mass is 454 g/mol. The first-order valence-corrected chi connectivity index (χ1v) is 10.8. The number of aryl methyl sites for hydroxylation is 2. The Morgan fingerprint density at radius 3 is 2.74 bits per heavy atom. The molecule has 0 spiro atoms. The van der Waals surface area contributed by atoms with Crippen LogP contribution in [0, 0.1) is 19.8 Å². The predicted molar refractivity (Wildman–Crippen MR) is 113 cm³/mol. The van der Waals surface area contributed by atoms with Crippen LogP contribution in [0.2, 0.25) is 0 Å². The number of halogens is 3. The summed E-state index contributed by atoms with van der Waals surface area (Å²) < 4.78 is 38.5. The van der Waals surface area contributed by atoms with Gasteiger partial charge >= 0.3 is 6.18 Å². The van der Waals surface area contributed by atoms with Gasteiger partial charge in [-0.15, -0.1) is 11.3 Å². The molecule has 168 valence electrons. The van der Waals surface area contributed by atoms with Gasteiger partial charge in [-0.1, -0.05) is 12.1 Å². The van der Waals surface area contributed by atoms with Gasteiger partial charge in [0, 0.05) is 18.0 Å². The summed E-state index contributed by atoms with van der Waals surface area (Å²) in [5.41, 5.74) is 0.541. The molecular formula is C21H25F3N4O2S. The number of alkyl halides is 3. The van der Waals surface area contributed by atoms with Crippen molar-refractivity contribution in [3.8, 4) is 0 Å². The van der Waals surface area contributed by atoms with E-state index in [-0.39, 0.29) is 30.8 Å². The van der Waals surface area contributed by atoms with Crippen LogP contribution in [0.1, 0.15) is 34.5 Å². The summed E-state index contributed by atoms with van der Waals surface area (Å²) in [5.74, 6) is -0.704. The number of carbonyl (C=O) groups excluding carboxylic acids is 2. The van der Waals surface area contributed by atoms with Crippen molar-refractivity contribution in [1.29, 1.82) is 0 Å². The summed E-state index contributed by atoms with van der Waals surface area (Å²) in [6.45, 7) is 5.15. The van der Waals surface area contributed by atoms with Gasteiger partial charge in [0.15, 0.2) is 5.13 Å². The zero-order valence-electron chi connectivity index (χ0n) is 17.4. The second kappa shape index (κ2) is 9.78. The third-order valence-electron chi connectivity index (χ3n) is 5.24. The highest BCUT2D eigenvalue weighted by Crippen LogP contribution is 2.29. The number of hydrogen-bond donors (Lipinski definition) is 2. The Morgan fingerprint density at radius 1 is 1.29 bits per heavy atom. The van der Waals surface area contributed by atoms with Gasteiger partial charge < -0.3 is 10.6 Å². The Labute approximate surface area is 182 Å². The third kappa shape index (κ3) is 6.51. The zero-order valence-corrected chi connectivity index (χ0v) is 18.2. The molecule has 1 aliphatic heterocycles. The van der Waals surface area contributed by atoms with Crippen LogP contribution in [0.15, 0.2) is 24.3 Å². The molecule has 2 N–H and O–H groups in total. The second-order valence-corrected chi connectivity index (χ2v) is 8.90. The van der Waals surface area contributed by atoms with E-state index < -0.39 is 11.7 Å². The molecule has 2 amide bonds. The van der Waals surface area contributed by atoms with E-state index in [1.54, 1.807) is 6.07 Å². The lowest BCUT2D eigenvalue weighted by Gasteiger charge is -2.31. The average molecular weight is 455 g/mol. The molecule has 3 rings (SSSR count). The number of nitrogens with one attached hydrogen (secondary N) is 2. The minimum Gasteiger partial charge on any atom is -0.352 e. The maximum Gasteiger partial charge on any atom is 0.416 e. The molecule has 0 bridgehead atoms. The minimum absolute atomic E-state index is 0.0302. The number of benzene rings is 1. The standard InChI is InChI=1S/C21H25F3N4O2S/c1-13-14(2)31-20(26-13)27-18(29)12-28-8-4-6-16(11-28)19(30)25-10-15-5-3-7-17(9-15)21(22,23)24/h3,5,7,9,16H,4,6,8,10-12H2,1-2H3,(H,25,30)(H,26,27,29). The van der Waals surface area contributed by atoms with Gasteiger partial charge in [-0.25, -0.2) is 4.98 Å².